The van der Waals surface area contributed by atoms with Crippen LogP contribution < -0.4 is 0 Å². The molecule has 0 bridgehead atoms. The average molecular weight is 216 g/mol. The number of hydrogen-bond acceptors (Lipinski definition) is 0. The van der Waals surface area contributed by atoms with E-state index in [-0.39, 0.29) is 5.56 Å². The highest BCUT2D eigenvalue weighted by Crippen LogP contribution is 2.18. The minimum atomic E-state index is -1.10. The van der Waals surface area contributed by atoms with Gasteiger partial charge in [-0.25, -0.2) is 13.2 Å². The monoisotopic (exact) mass is 216 g/mol. The highest BCUT2D eigenvalue weighted by Gasteiger charge is 2.11. The molecule has 1 aromatic rings. The Morgan fingerprint density at radius 1 is 1.20 bits per heavy atom. The van der Waals surface area contributed by atoms with Crippen molar-refractivity contribution in [3.8, 4) is 0 Å². The van der Waals surface area contributed by atoms with Crippen LogP contribution in [0.5, 0.6) is 0 Å². The molecule has 0 heterocycles. The highest BCUT2D eigenvalue weighted by molar-refractivity contribution is 5.20. The first-order chi connectivity index (χ1) is 7.04. The summed E-state index contributed by atoms with van der Waals surface area (Å²) < 4.78 is 38.8. The van der Waals surface area contributed by atoms with E-state index in [9.17, 15) is 13.2 Å². The fraction of sp³-hybridized carbons (Fsp3) is 0.500. The summed E-state index contributed by atoms with van der Waals surface area (Å²) in [5.41, 5.74) is 0.132. The van der Waals surface area contributed by atoms with Crippen molar-refractivity contribution in [2.45, 2.75) is 33.1 Å². The van der Waals surface area contributed by atoms with Crippen molar-refractivity contribution in [1.82, 2.24) is 0 Å². The first-order valence-electron chi connectivity index (χ1n) is 5.18. The van der Waals surface area contributed by atoms with Crippen LogP contribution in [-0.2, 0) is 6.42 Å². The Morgan fingerprint density at radius 3 is 2.47 bits per heavy atom. The molecule has 15 heavy (non-hydrogen) atoms. The van der Waals surface area contributed by atoms with Crippen LogP contribution in [0.3, 0.4) is 0 Å². The molecule has 0 aliphatic rings. The third-order valence-electron chi connectivity index (χ3n) is 2.67. The van der Waals surface area contributed by atoms with Crippen molar-refractivity contribution in [3.05, 3.63) is 35.1 Å². The maximum absolute atomic E-state index is 13.2. The van der Waals surface area contributed by atoms with E-state index in [1.807, 2.05) is 13.8 Å². The molecule has 1 unspecified atom stereocenters. The molecular weight excluding hydrogens is 201 g/mol. The number of rotatable bonds is 4. The molecule has 0 saturated carbocycles. The summed E-state index contributed by atoms with van der Waals surface area (Å²) in [4.78, 5) is 0. The molecule has 0 nitrogen and oxygen atoms in total. The van der Waals surface area contributed by atoms with E-state index in [0.29, 0.717) is 18.4 Å². The largest absolute Gasteiger partial charge is 0.207 e. The highest BCUT2D eigenvalue weighted by atomic mass is 19.2. The van der Waals surface area contributed by atoms with Gasteiger partial charge in [0.15, 0.2) is 11.6 Å². The first-order valence-corrected chi connectivity index (χ1v) is 5.18. The van der Waals surface area contributed by atoms with Gasteiger partial charge in [0.1, 0.15) is 5.82 Å². The smallest absolute Gasteiger partial charge is 0.162 e. The lowest BCUT2D eigenvalue weighted by Gasteiger charge is -2.09. The van der Waals surface area contributed by atoms with E-state index in [1.165, 1.54) is 0 Å². The Kier molecular flexibility index (Phi) is 4.18. The molecule has 0 N–H and O–H groups in total. The maximum atomic E-state index is 13.2. The van der Waals surface area contributed by atoms with Crippen molar-refractivity contribution >= 4 is 0 Å². The van der Waals surface area contributed by atoms with E-state index in [2.05, 4.69) is 0 Å². The molecule has 0 radical (unpaired) electrons. The normalized spacial score (nSPS) is 12.9. The van der Waals surface area contributed by atoms with Crippen LogP contribution in [0.15, 0.2) is 12.1 Å². The molecule has 1 rings (SSSR count). The zero-order valence-electron chi connectivity index (χ0n) is 8.99. The lowest BCUT2D eigenvalue weighted by molar-refractivity contribution is 0.468. The quantitative estimate of drug-likeness (QED) is 0.665. The summed E-state index contributed by atoms with van der Waals surface area (Å²) in [5.74, 6) is -2.29. The minimum absolute atomic E-state index is 0.132. The van der Waals surface area contributed by atoms with Crippen molar-refractivity contribution < 1.29 is 13.2 Å². The van der Waals surface area contributed by atoms with Crippen molar-refractivity contribution in [3.63, 3.8) is 0 Å². The third-order valence-corrected chi connectivity index (χ3v) is 2.67. The second-order valence-corrected chi connectivity index (χ2v) is 3.91. The lowest BCUT2D eigenvalue weighted by Crippen LogP contribution is -2.00. The Bertz CT molecular complexity index is 334. The zero-order valence-corrected chi connectivity index (χ0v) is 8.99. The van der Waals surface area contributed by atoms with Gasteiger partial charge in [0.25, 0.3) is 0 Å². The maximum Gasteiger partial charge on any atom is 0.162 e. The predicted molar refractivity (Wildman–Crippen MR) is 54.1 cm³/mol. The molecule has 0 aromatic heterocycles. The Labute approximate surface area is 88.1 Å². The van der Waals surface area contributed by atoms with Crippen LogP contribution in [0.1, 0.15) is 32.3 Å². The number of halogens is 3. The molecule has 0 aliphatic carbocycles. The summed E-state index contributed by atoms with van der Waals surface area (Å²) in [6.07, 6.45) is 2.12. The molecule has 0 aliphatic heterocycles. The molecule has 1 aromatic carbocycles. The molecule has 0 fully saturated rings. The number of benzene rings is 1. The van der Waals surface area contributed by atoms with Gasteiger partial charge in [-0.1, -0.05) is 20.3 Å². The van der Waals surface area contributed by atoms with Crippen molar-refractivity contribution in [2.75, 3.05) is 0 Å². The van der Waals surface area contributed by atoms with Crippen molar-refractivity contribution in [1.29, 1.82) is 0 Å². The average Bonchev–Trinajstić information content (AvgIpc) is 2.20. The Hall–Kier alpha value is -0.990. The fourth-order valence-electron chi connectivity index (χ4n) is 1.40. The van der Waals surface area contributed by atoms with Crippen LogP contribution in [0.4, 0.5) is 13.2 Å². The van der Waals surface area contributed by atoms with Crippen LogP contribution in [-0.4, -0.2) is 0 Å². The number of aryl methyl sites for hydroxylation is 1. The molecule has 0 spiro atoms. The van der Waals surface area contributed by atoms with E-state index in [4.69, 9.17) is 0 Å². The fourth-order valence-corrected chi connectivity index (χ4v) is 1.40. The van der Waals surface area contributed by atoms with Gasteiger partial charge in [0.05, 0.1) is 0 Å². The van der Waals surface area contributed by atoms with E-state index in [1.54, 1.807) is 0 Å². The zero-order chi connectivity index (χ0) is 11.4. The SMILES string of the molecule is CCC(C)CCc1cc(F)cc(F)c1F. The van der Waals surface area contributed by atoms with E-state index >= 15 is 0 Å². The van der Waals surface area contributed by atoms with Crippen LogP contribution >= 0.6 is 0 Å². The van der Waals surface area contributed by atoms with Gasteiger partial charge in [0, 0.05) is 6.07 Å². The lowest BCUT2D eigenvalue weighted by atomic mass is 9.98. The molecule has 3 heteroatoms. The first kappa shape index (κ1) is 12.1. The van der Waals surface area contributed by atoms with Crippen LogP contribution in [0.25, 0.3) is 0 Å². The van der Waals surface area contributed by atoms with Gasteiger partial charge in [-0.2, -0.15) is 0 Å². The van der Waals surface area contributed by atoms with E-state index in [0.717, 1.165) is 18.9 Å². The van der Waals surface area contributed by atoms with Crippen LogP contribution in [0, 0.1) is 23.4 Å². The predicted octanol–water partition coefficient (Wildman–Crippen LogP) is 4.08. The Morgan fingerprint density at radius 2 is 1.87 bits per heavy atom. The molecule has 1 atom stereocenters. The summed E-state index contributed by atoms with van der Waals surface area (Å²) in [6.45, 7) is 4.07. The standard InChI is InChI=1S/C12H15F3/c1-3-8(2)4-5-9-6-10(13)7-11(14)12(9)15/h6-8H,3-5H2,1-2H3. The topological polar surface area (TPSA) is 0 Å². The van der Waals surface area contributed by atoms with E-state index < -0.39 is 17.5 Å². The van der Waals surface area contributed by atoms with Gasteiger partial charge >= 0.3 is 0 Å². The van der Waals surface area contributed by atoms with Gasteiger partial charge in [-0.15, -0.1) is 0 Å². The van der Waals surface area contributed by atoms with Gasteiger partial charge in [-0.3, -0.25) is 0 Å². The second-order valence-electron chi connectivity index (χ2n) is 3.91. The van der Waals surface area contributed by atoms with Gasteiger partial charge < -0.3 is 0 Å². The summed E-state index contributed by atoms with van der Waals surface area (Å²) >= 11 is 0. The molecule has 0 saturated heterocycles. The van der Waals surface area contributed by atoms with Crippen LogP contribution in [0.2, 0.25) is 0 Å². The molecule has 84 valence electrons. The third kappa shape index (κ3) is 3.26. The minimum Gasteiger partial charge on any atom is -0.207 e. The summed E-state index contributed by atoms with van der Waals surface area (Å²) in [7, 11) is 0. The molecular formula is C12H15F3. The summed E-state index contributed by atoms with van der Waals surface area (Å²) in [6, 6.07) is 1.64. The molecule has 0 amide bonds. The van der Waals surface area contributed by atoms with Gasteiger partial charge in [0.2, 0.25) is 0 Å². The van der Waals surface area contributed by atoms with Gasteiger partial charge in [-0.05, 0) is 30.4 Å². The number of hydrogen-bond donors (Lipinski definition) is 0. The van der Waals surface area contributed by atoms with Crippen molar-refractivity contribution in [2.24, 2.45) is 5.92 Å². The Balaban J connectivity index is 2.76. The summed E-state index contributed by atoms with van der Waals surface area (Å²) in [5, 5.41) is 0. The second kappa shape index (κ2) is 5.19.